The molecule has 0 spiro atoms. The maximum Gasteiger partial charge on any atom is 0.232 e. The van der Waals surface area contributed by atoms with Crippen molar-refractivity contribution < 1.29 is 13.2 Å². The molecule has 0 heterocycles. The minimum absolute atomic E-state index is 0.0332. The van der Waals surface area contributed by atoms with Gasteiger partial charge in [0.2, 0.25) is 10.0 Å². The van der Waals surface area contributed by atoms with Crippen molar-refractivity contribution in [1.29, 1.82) is 0 Å². The van der Waals surface area contributed by atoms with Crippen LogP contribution in [-0.4, -0.2) is 26.7 Å². The fourth-order valence-corrected chi connectivity index (χ4v) is 2.91. The van der Waals surface area contributed by atoms with Crippen molar-refractivity contribution in [2.75, 3.05) is 23.0 Å². The minimum Gasteiger partial charge on any atom is -0.492 e. The smallest absolute Gasteiger partial charge is 0.232 e. The number of halogens is 2. The molecule has 0 unspecified atom stereocenters. The molecule has 0 amide bonds. The summed E-state index contributed by atoms with van der Waals surface area (Å²) in [6.07, 6.45) is 0.390. The molecule has 18 heavy (non-hydrogen) atoms. The summed E-state index contributed by atoms with van der Waals surface area (Å²) in [6.45, 7) is 2.26. The first kappa shape index (κ1) is 15.4. The van der Waals surface area contributed by atoms with Gasteiger partial charge >= 0.3 is 0 Å². The third-order valence-corrected chi connectivity index (χ3v) is 3.91. The van der Waals surface area contributed by atoms with Gasteiger partial charge in [-0.15, -0.1) is 11.6 Å². The summed E-state index contributed by atoms with van der Waals surface area (Å²) >= 11 is 11.3. The second kappa shape index (κ2) is 7.07. The Morgan fingerprint density at radius 2 is 2.11 bits per heavy atom. The molecule has 0 atom stereocenters. The van der Waals surface area contributed by atoms with E-state index in [0.29, 0.717) is 35.4 Å². The predicted octanol–water partition coefficient (Wildman–Crippen LogP) is 3.11. The Hall–Kier alpha value is -0.650. The Labute approximate surface area is 117 Å². The molecule has 0 aromatic heterocycles. The van der Waals surface area contributed by atoms with E-state index < -0.39 is 10.0 Å². The third kappa shape index (κ3) is 4.92. The molecule has 7 heteroatoms. The molecule has 4 nitrogen and oxygen atoms in total. The van der Waals surface area contributed by atoms with Crippen LogP contribution in [-0.2, 0) is 10.0 Å². The fraction of sp³-hybridized carbons (Fsp3) is 0.455. The van der Waals surface area contributed by atoms with Gasteiger partial charge in [-0.05, 0) is 31.5 Å². The van der Waals surface area contributed by atoms with E-state index in [1.807, 2.05) is 6.92 Å². The lowest BCUT2D eigenvalue weighted by Gasteiger charge is -2.12. The number of alkyl halides is 1. The lowest BCUT2D eigenvalue weighted by Crippen LogP contribution is -2.17. The number of hydrogen-bond acceptors (Lipinski definition) is 3. The van der Waals surface area contributed by atoms with Crippen LogP contribution in [0.3, 0.4) is 0 Å². The van der Waals surface area contributed by atoms with Crippen molar-refractivity contribution in [2.24, 2.45) is 0 Å². The highest BCUT2D eigenvalue weighted by atomic mass is 35.5. The van der Waals surface area contributed by atoms with Crippen LogP contribution < -0.4 is 9.46 Å². The fourth-order valence-electron chi connectivity index (χ4n) is 1.33. The van der Waals surface area contributed by atoms with E-state index in [1.165, 1.54) is 6.07 Å². The van der Waals surface area contributed by atoms with Gasteiger partial charge in [0, 0.05) is 10.9 Å². The van der Waals surface area contributed by atoms with Gasteiger partial charge in [-0.2, -0.15) is 0 Å². The first-order valence-corrected chi connectivity index (χ1v) is 8.04. The Morgan fingerprint density at radius 3 is 2.72 bits per heavy atom. The van der Waals surface area contributed by atoms with E-state index in [-0.39, 0.29) is 5.75 Å². The van der Waals surface area contributed by atoms with E-state index in [9.17, 15) is 8.42 Å². The number of anilines is 1. The zero-order valence-electron chi connectivity index (χ0n) is 9.95. The van der Waals surface area contributed by atoms with E-state index in [0.717, 1.165) is 0 Å². The van der Waals surface area contributed by atoms with Gasteiger partial charge < -0.3 is 4.74 Å². The van der Waals surface area contributed by atoms with Crippen LogP contribution in [0.2, 0.25) is 5.02 Å². The van der Waals surface area contributed by atoms with Crippen molar-refractivity contribution >= 4 is 38.9 Å². The molecular weight excluding hydrogens is 297 g/mol. The molecule has 1 aromatic carbocycles. The van der Waals surface area contributed by atoms with Gasteiger partial charge in [-0.1, -0.05) is 11.6 Å². The minimum atomic E-state index is -3.43. The van der Waals surface area contributed by atoms with Crippen molar-refractivity contribution in [1.82, 2.24) is 0 Å². The molecule has 0 radical (unpaired) electrons. The Bertz CT molecular complexity index is 491. The number of hydrogen-bond donors (Lipinski definition) is 1. The molecule has 1 aromatic rings. The Kier molecular flexibility index (Phi) is 6.05. The lowest BCUT2D eigenvalue weighted by molar-refractivity contribution is 0.342. The Morgan fingerprint density at radius 1 is 1.39 bits per heavy atom. The van der Waals surface area contributed by atoms with Crippen LogP contribution in [0.5, 0.6) is 5.75 Å². The van der Waals surface area contributed by atoms with E-state index >= 15 is 0 Å². The molecule has 102 valence electrons. The molecule has 0 saturated carbocycles. The number of rotatable bonds is 7. The highest BCUT2D eigenvalue weighted by Gasteiger charge is 2.13. The van der Waals surface area contributed by atoms with Gasteiger partial charge in [0.25, 0.3) is 0 Å². The standard InChI is InChI=1S/C11H15Cl2NO3S/c1-2-17-11-5-4-9(13)8-10(11)14-18(15,16)7-3-6-12/h4-5,8,14H,2-3,6-7H2,1H3. The lowest BCUT2D eigenvalue weighted by atomic mass is 10.3. The molecule has 0 aliphatic carbocycles. The third-order valence-electron chi connectivity index (χ3n) is 2.05. The first-order valence-electron chi connectivity index (χ1n) is 5.47. The predicted molar refractivity (Wildman–Crippen MR) is 75.4 cm³/mol. The van der Waals surface area contributed by atoms with E-state index in [4.69, 9.17) is 27.9 Å². The zero-order chi connectivity index (χ0) is 13.6. The normalized spacial score (nSPS) is 11.3. The largest absolute Gasteiger partial charge is 0.492 e. The molecule has 0 bridgehead atoms. The highest BCUT2D eigenvalue weighted by molar-refractivity contribution is 7.92. The average Bonchev–Trinajstić information content (AvgIpc) is 2.30. The number of nitrogens with one attached hydrogen (secondary N) is 1. The molecule has 1 N–H and O–H groups in total. The molecule has 0 fully saturated rings. The summed E-state index contributed by atoms with van der Waals surface area (Å²) in [6, 6.07) is 4.79. The quantitative estimate of drug-likeness (QED) is 0.787. The van der Waals surface area contributed by atoms with Crippen LogP contribution in [0.4, 0.5) is 5.69 Å². The summed E-state index contributed by atoms with van der Waals surface area (Å²) in [5.74, 6) is 0.722. The topological polar surface area (TPSA) is 55.4 Å². The van der Waals surface area contributed by atoms with Crippen LogP contribution in [0.1, 0.15) is 13.3 Å². The molecule has 0 saturated heterocycles. The first-order chi connectivity index (χ1) is 8.48. The van der Waals surface area contributed by atoms with Crippen LogP contribution >= 0.6 is 23.2 Å². The monoisotopic (exact) mass is 311 g/mol. The van der Waals surface area contributed by atoms with Gasteiger partial charge in [-0.25, -0.2) is 8.42 Å². The number of sulfonamides is 1. The summed E-state index contributed by atoms with van der Waals surface area (Å²) < 4.78 is 31.3. The molecule has 0 aliphatic rings. The Balaban J connectivity index is 2.91. The van der Waals surface area contributed by atoms with Gasteiger partial charge in [-0.3, -0.25) is 4.72 Å². The summed E-state index contributed by atoms with van der Waals surface area (Å²) in [4.78, 5) is 0. The van der Waals surface area contributed by atoms with Crippen LogP contribution in [0, 0.1) is 0 Å². The average molecular weight is 312 g/mol. The van der Waals surface area contributed by atoms with Crippen molar-refractivity contribution in [3.05, 3.63) is 23.2 Å². The molecular formula is C11H15Cl2NO3S. The van der Waals surface area contributed by atoms with Gasteiger partial charge in [0.15, 0.2) is 0 Å². The summed E-state index contributed by atoms with van der Waals surface area (Å²) in [5, 5.41) is 0.438. The second-order valence-corrected chi connectivity index (χ2v) is 6.19. The van der Waals surface area contributed by atoms with Gasteiger partial charge in [0.1, 0.15) is 5.75 Å². The maximum atomic E-state index is 11.8. The van der Waals surface area contributed by atoms with Crippen LogP contribution in [0.15, 0.2) is 18.2 Å². The van der Waals surface area contributed by atoms with Gasteiger partial charge in [0.05, 0.1) is 18.0 Å². The summed E-state index contributed by atoms with van der Waals surface area (Å²) in [5.41, 5.74) is 0.346. The SMILES string of the molecule is CCOc1ccc(Cl)cc1NS(=O)(=O)CCCCl. The maximum absolute atomic E-state index is 11.8. The molecule has 1 rings (SSSR count). The summed E-state index contributed by atoms with van der Waals surface area (Å²) in [7, 11) is -3.43. The van der Waals surface area contributed by atoms with Crippen molar-refractivity contribution in [3.63, 3.8) is 0 Å². The highest BCUT2D eigenvalue weighted by Crippen LogP contribution is 2.29. The van der Waals surface area contributed by atoms with E-state index in [1.54, 1.807) is 12.1 Å². The van der Waals surface area contributed by atoms with Crippen molar-refractivity contribution in [2.45, 2.75) is 13.3 Å². The van der Waals surface area contributed by atoms with E-state index in [2.05, 4.69) is 4.72 Å². The zero-order valence-corrected chi connectivity index (χ0v) is 12.3. The molecule has 0 aliphatic heterocycles. The van der Waals surface area contributed by atoms with Crippen molar-refractivity contribution in [3.8, 4) is 5.75 Å². The number of benzene rings is 1. The second-order valence-electron chi connectivity index (χ2n) is 3.54. The van der Waals surface area contributed by atoms with Crippen LogP contribution in [0.25, 0.3) is 0 Å². The number of ether oxygens (including phenoxy) is 1.